The summed E-state index contributed by atoms with van der Waals surface area (Å²) in [6.07, 6.45) is 5.32. The lowest BCUT2D eigenvalue weighted by Gasteiger charge is -2.49. The summed E-state index contributed by atoms with van der Waals surface area (Å²) in [7, 11) is 0. The topological polar surface area (TPSA) is 160 Å². The number of nitrogens with zero attached hydrogens (tertiary/aromatic N) is 3. The van der Waals surface area contributed by atoms with Gasteiger partial charge in [-0.2, -0.15) is 4.57 Å². The molecule has 0 spiro atoms. The number of hydrogen-bond acceptors (Lipinski definition) is 8. The van der Waals surface area contributed by atoms with Gasteiger partial charge in [-0.25, -0.2) is 0 Å². The minimum Gasteiger partial charge on any atom is -0.543 e. The van der Waals surface area contributed by atoms with Crippen LogP contribution in [0.3, 0.4) is 0 Å². The predicted octanol–water partition coefficient (Wildman–Crippen LogP) is -0.772. The average Bonchev–Trinajstić information content (AvgIpc) is 3.24. The van der Waals surface area contributed by atoms with E-state index >= 15 is 0 Å². The van der Waals surface area contributed by atoms with Crippen molar-refractivity contribution in [3.63, 3.8) is 0 Å². The monoisotopic (exact) mass is 521 g/mol. The molecule has 37 heavy (non-hydrogen) atoms. The van der Waals surface area contributed by atoms with Crippen LogP contribution in [0, 0.1) is 0 Å². The van der Waals surface area contributed by atoms with Crippen LogP contribution in [-0.2, 0) is 25.7 Å². The Hall–Kier alpha value is -4.16. The molecule has 1 aromatic carbocycles. The molecule has 2 saturated heterocycles. The molecule has 1 aromatic heterocycles. The third-order valence-corrected chi connectivity index (χ3v) is 7.66. The summed E-state index contributed by atoms with van der Waals surface area (Å²) >= 11 is 1.35. The smallest absolute Gasteiger partial charge is 0.290 e. The first-order valence-electron chi connectivity index (χ1n) is 11.5. The average molecular weight is 522 g/mol. The van der Waals surface area contributed by atoms with Crippen LogP contribution < -0.4 is 25.6 Å². The molecule has 190 valence electrons. The van der Waals surface area contributed by atoms with Crippen molar-refractivity contribution >= 4 is 46.8 Å². The minimum absolute atomic E-state index is 0.00565. The molecule has 2 aromatic rings. The summed E-state index contributed by atoms with van der Waals surface area (Å²) < 4.78 is 1.65. The third kappa shape index (κ3) is 4.68. The fraction of sp³-hybridized carbons (Fsp3) is 0.240. The van der Waals surface area contributed by atoms with Gasteiger partial charge < -0.3 is 31.0 Å². The Labute approximate surface area is 215 Å². The van der Waals surface area contributed by atoms with E-state index in [1.165, 1.54) is 30.0 Å². The first-order valence-corrected chi connectivity index (χ1v) is 12.5. The molecule has 0 unspecified atom stereocenters. The number of hydrogen-bond donors (Lipinski definition) is 3. The molecule has 2 atom stereocenters. The maximum absolute atomic E-state index is 13.2. The van der Waals surface area contributed by atoms with E-state index in [1.807, 2.05) is 0 Å². The molecule has 4 heterocycles. The number of benzene rings is 1. The van der Waals surface area contributed by atoms with Crippen LogP contribution in [0.4, 0.5) is 11.4 Å². The van der Waals surface area contributed by atoms with Crippen molar-refractivity contribution in [1.29, 1.82) is 0 Å². The number of fused-ring (bicyclic) bond motifs is 1. The number of aromatic hydroxyl groups is 1. The highest BCUT2D eigenvalue weighted by Gasteiger charge is 2.50. The number of carbonyl (C=O) groups is 4. The van der Waals surface area contributed by atoms with Crippen molar-refractivity contribution in [2.75, 3.05) is 22.5 Å². The lowest BCUT2D eigenvalue weighted by atomic mass is 10.0. The molecule has 4 N–H and O–H groups in total. The number of thioether (sulfide) groups is 1. The molecule has 12 heteroatoms. The third-order valence-electron chi connectivity index (χ3n) is 6.34. The zero-order chi connectivity index (χ0) is 26.3. The number of phenols is 1. The predicted molar refractivity (Wildman–Crippen MR) is 132 cm³/mol. The largest absolute Gasteiger partial charge is 0.543 e. The number of nitrogens with one attached hydrogen (secondary N) is 1. The molecular formula is C25H23N5O6S. The van der Waals surface area contributed by atoms with Crippen LogP contribution in [0.5, 0.6) is 5.75 Å². The van der Waals surface area contributed by atoms with Crippen molar-refractivity contribution in [3.8, 4) is 5.75 Å². The summed E-state index contributed by atoms with van der Waals surface area (Å²) in [5.41, 5.74) is 7.45. The van der Waals surface area contributed by atoms with Gasteiger partial charge in [-0.15, -0.1) is 11.8 Å². The van der Waals surface area contributed by atoms with Gasteiger partial charge in [0, 0.05) is 29.6 Å². The van der Waals surface area contributed by atoms with Gasteiger partial charge in [0.25, 0.3) is 11.8 Å². The highest BCUT2D eigenvalue weighted by Crippen LogP contribution is 2.40. The number of anilines is 2. The molecule has 11 nitrogen and oxygen atoms in total. The Morgan fingerprint density at radius 3 is 2.73 bits per heavy atom. The SMILES string of the molecule is N[C@@H]1C(=O)N2C(C(=O)[O-])=C(/C=C3\CCN(c4ccc[n+](CC(=O)Nc5ccc(O)cc5)c4)C3=O)CS[C@H]12. The van der Waals surface area contributed by atoms with E-state index in [1.54, 1.807) is 46.1 Å². The number of allylic oxidation sites excluding steroid dienone is 1. The number of amides is 3. The van der Waals surface area contributed by atoms with Gasteiger partial charge in [0.05, 0.1) is 11.7 Å². The lowest BCUT2D eigenvalue weighted by molar-refractivity contribution is -0.683. The molecule has 0 saturated carbocycles. The Kier molecular flexibility index (Phi) is 6.44. The molecule has 3 aliphatic rings. The summed E-state index contributed by atoms with van der Waals surface area (Å²) in [6, 6.07) is 8.85. The Morgan fingerprint density at radius 2 is 2.00 bits per heavy atom. The van der Waals surface area contributed by atoms with Crippen LogP contribution in [0.2, 0.25) is 0 Å². The normalized spacial score (nSPS) is 22.2. The molecule has 5 rings (SSSR count). The van der Waals surface area contributed by atoms with E-state index in [2.05, 4.69) is 5.32 Å². The second-order valence-electron chi connectivity index (χ2n) is 8.80. The van der Waals surface area contributed by atoms with Gasteiger partial charge in [0.1, 0.15) is 22.9 Å². The number of carbonyl (C=O) groups excluding carboxylic acids is 4. The fourth-order valence-electron chi connectivity index (χ4n) is 4.52. The van der Waals surface area contributed by atoms with Crippen LogP contribution in [0.1, 0.15) is 6.42 Å². The van der Waals surface area contributed by atoms with E-state index in [0.29, 0.717) is 41.2 Å². The van der Waals surface area contributed by atoms with Crippen molar-refractivity contribution in [2.24, 2.45) is 5.73 Å². The second-order valence-corrected chi connectivity index (χ2v) is 9.91. The Morgan fingerprint density at radius 1 is 1.24 bits per heavy atom. The van der Waals surface area contributed by atoms with Crippen LogP contribution >= 0.6 is 11.8 Å². The number of β-lactam (4-membered cyclic amide) rings is 1. The summed E-state index contributed by atoms with van der Waals surface area (Å²) in [5, 5.41) is 23.5. The number of nitrogens with two attached hydrogens (primary N) is 1. The van der Waals surface area contributed by atoms with Gasteiger partial charge in [-0.05, 0) is 48.4 Å². The number of phenolic OH excluding ortho intramolecular Hbond substituents is 1. The molecule has 2 fully saturated rings. The van der Waals surface area contributed by atoms with Crippen molar-refractivity contribution in [3.05, 3.63) is 71.7 Å². The molecular weight excluding hydrogens is 498 g/mol. The highest BCUT2D eigenvalue weighted by atomic mass is 32.2. The first-order chi connectivity index (χ1) is 17.7. The quantitative estimate of drug-likeness (QED) is 0.193. The zero-order valence-corrected chi connectivity index (χ0v) is 20.3. The molecule has 3 aliphatic heterocycles. The van der Waals surface area contributed by atoms with Crippen molar-refractivity contribution in [2.45, 2.75) is 24.4 Å². The minimum atomic E-state index is -1.48. The number of carboxylic acid groups (broad SMARTS) is 1. The summed E-state index contributed by atoms with van der Waals surface area (Å²) in [5.74, 6) is -2.12. The summed E-state index contributed by atoms with van der Waals surface area (Å²) in [4.78, 5) is 52.3. The molecule has 0 aliphatic carbocycles. The maximum Gasteiger partial charge on any atom is 0.290 e. The van der Waals surface area contributed by atoms with E-state index in [-0.39, 0.29) is 29.8 Å². The van der Waals surface area contributed by atoms with E-state index in [0.717, 1.165) is 4.90 Å². The number of rotatable bonds is 6. The van der Waals surface area contributed by atoms with Crippen LogP contribution in [-0.4, -0.2) is 57.4 Å². The Balaban J connectivity index is 1.31. The van der Waals surface area contributed by atoms with Crippen molar-refractivity contribution < 1.29 is 34.0 Å². The molecule has 0 radical (unpaired) electrons. The summed E-state index contributed by atoms with van der Waals surface area (Å²) in [6.45, 7) is 0.386. The lowest BCUT2D eigenvalue weighted by Crippen LogP contribution is -2.69. The van der Waals surface area contributed by atoms with E-state index < -0.39 is 23.3 Å². The van der Waals surface area contributed by atoms with Gasteiger partial charge in [-0.1, -0.05) is 0 Å². The Bertz CT molecular complexity index is 1370. The van der Waals surface area contributed by atoms with Gasteiger partial charge in [0.2, 0.25) is 12.5 Å². The number of pyridine rings is 1. The van der Waals surface area contributed by atoms with Crippen molar-refractivity contribution in [1.82, 2.24) is 4.90 Å². The van der Waals surface area contributed by atoms with Gasteiger partial charge in [0.15, 0.2) is 12.4 Å². The van der Waals surface area contributed by atoms with Gasteiger partial charge in [-0.3, -0.25) is 19.3 Å². The number of aromatic nitrogens is 1. The fourth-order valence-corrected chi connectivity index (χ4v) is 5.77. The van der Waals surface area contributed by atoms with Crippen LogP contribution in [0.25, 0.3) is 0 Å². The van der Waals surface area contributed by atoms with Crippen LogP contribution in [0.15, 0.2) is 71.7 Å². The van der Waals surface area contributed by atoms with Gasteiger partial charge >= 0.3 is 0 Å². The van der Waals surface area contributed by atoms with E-state index in [9.17, 15) is 29.4 Å². The zero-order valence-electron chi connectivity index (χ0n) is 19.5. The standard InChI is InChI=1S/C25H23N5O6S/c26-20-23(34)30-21(25(35)36)15(13-37-24(20)30)10-14-7-9-29(22(14)33)17-2-1-8-28(11-17)12-19(32)27-16-3-5-18(31)6-4-16/h1-6,8,10-11,20,24H,7,9,12-13,26H2,(H2-,27,31,32,35,36)/b14-10+/t20-,24-/m1/s1. The number of carboxylic acids is 1. The molecule has 3 amide bonds. The highest BCUT2D eigenvalue weighted by molar-refractivity contribution is 8.00. The first kappa shape index (κ1) is 24.5. The van der Waals surface area contributed by atoms with E-state index in [4.69, 9.17) is 5.73 Å². The molecule has 0 bridgehead atoms. The maximum atomic E-state index is 13.2. The number of aliphatic carboxylic acids is 1. The second kappa shape index (κ2) is 9.71.